The Kier molecular flexibility index (Phi) is 5.07. The van der Waals surface area contributed by atoms with Crippen molar-refractivity contribution in [3.05, 3.63) is 23.9 Å². The summed E-state index contributed by atoms with van der Waals surface area (Å²) in [4.78, 5) is 3.82. The van der Waals surface area contributed by atoms with Crippen LogP contribution in [0.3, 0.4) is 0 Å². The van der Waals surface area contributed by atoms with E-state index in [1.54, 1.807) is 0 Å². The highest BCUT2D eigenvalue weighted by molar-refractivity contribution is 7.92. The minimum Gasteiger partial charge on any atom is -0.378 e. The summed E-state index contributed by atoms with van der Waals surface area (Å²) in [5, 5.41) is 8.58. The zero-order valence-electron chi connectivity index (χ0n) is 10.3. The third-order valence-corrected chi connectivity index (χ3v) is 3.18. The van der Waals surface area contributed by atoms with Gasteiger partial charge in [0.1, 0.15) is 11.9 Å². The summed E-state index contributed by atoms with van der Waals surface area (Å²) < 4.78 is 30.8. The van der Waals surface area contributed by atoms with Crippen LogP contribution in [0.1, 0.15) is 19.4 Å². The Morgan fingerprint density at radius 1 is 1.50 bits per heavy atom. The van der Waals surface area contributed by atoms with Crippen LogP contribution in [0.5, 0.6) is 0 Å². The Morgan fingerprint density at radius 3 is 2.72 bits per heavy atom. The Morgan fingerprint density at radius 2 is 2.22 bits per heavy atom. The number of hydrogen-bond acceptors (Lipinski definition) is 5. The molecule has 1 N–H and O–H groups in total. The van der Waals surface area contributed by atoms with Crippen LogP contribution in [-0.2, 0) is 14.8 Å². The molecule has 0 atom stereocenters. The van der Waals surface area contributed by atoms with Crippen molar-refractivity contribution in [2.24, 2.45) is 0 Å². The zero-order valence-corrected chi connectivity index (χ0v) is 11.1. The molecule has 0 spiro atoms. The molecule has 0 bridgehead atoms. The second-order valence-electron chi connectivity index (χ2n) is 3.88. The standard InChI is InChI=1S/C11H15N3O3S/c1-9(2)17-5-6-18(15,16)14-11-4-3-10(7-12)8-13-11/h3-4,8-9H,5-6H2,1-2H3,(H,13,14). The van der Waals surface area contributed by atoms with Crippen molar-refractivity contribution in [1.29, 1.82) is 5.26 Å². The average Bonchev–Trinajstić information content (AvgIpc) is 2.28. The maximum absolute atomic E-state index is 11.6. The van der Waals surface area contributed by atoms with Crippen LogP contribution < -0.4 is 4.72 Å². The second-order valence-corrected chi connectivity index (χ2v) is 5.73. The van der Waals surface area contributed by atoms with E-state index in [0.717, 1.165) is 0 Å². The number of aromatic nitrogens is 1. The first-order valence-corrected chi connectivity index (χ1v) is 7.06. The lowest BCUT2D eigenvalue weighted by molar-refractivity contribution is 0.0913. The minimum atomic E-state index is -3.47. The topological polar surface area (TPSA) is 92.1 Å². The molecule has 1 aromatic heterocycles. The fourth-order valence-corrected chi connectivity index (χ4v) is 1.98. The zero-order chi connectivity index (χ0) is 13.6. The third-order valence-electron chi connectivity index (χ3n) is 1.96. The molecule has 0 saturated heterocycles. The van der Waals surface area contributed by atoms with E-state index in [2.05, 4.69) is 9.71 Å². The summed E-state index contributed by atoms with van der Waals surface area (Å²) in [7, 11) is -3.47. The van der Waals surface area contributed by atoms with Crippen LogP contribution >= 0.6 is 0 Å². The first kappa shape index (κ1) is 14.4. The third kappa shape index (κ3) is 5.12. The largest absolute Gasteiger partial charge is 0.378 e. The summed E-state index contributed by atoms with van der Waals surface area (Å²) in [6.45, 7) is 3.80. The quantitative estimate of drug-likeness (QED) is 0.835. The molecule has 0 aliphatic carbocycles. The first-order chi connectivity index (χ1) is 8.43. The predicted octanol–water partition coefficient (Wildman–Crippen LogP) is 1.12. The number of ether oxygens (including phenoxy) is 1. The molecule has 1 heterocycles. The fraction of sp³-hybridized carbons (Fsp3) is 0.455. The summed E-state index contributed by atoms with van der Waals surface area (Å²) in [5.74, 6) is 0.0610. The minimum absolute atomic E-state index is 0.00626. The normalized spacial score (nSPS) is 11.2. The van der Waals surface area contributed by atoms with E-state index in [1.807, 2.05) is 19.9 Å². The lowest BCUT2D eigenvalue weighted by Gasteiger charge is -2.09. The average molecular weight is 269 g/mol. The van der Waals surface area contributed by atoms with E-state index in [-0.39, 0.29) is 24.3 Å². The van der Waals surface area contributed by atoms with Gasteiger partial charge in [-0.05, 0) is 26.0 Å². The maximum Gasteiger partial charge on any atom is 0.236 e. The molecule has 0 aliphatic heterocycles. The number of hydrogen-bond donors (Lipinski definition) is 1. The number of rotatable bonds is 6. The first-order valence-electron chi connectivity index (χ1n) is 5.41. The van der Waals surface area contributed by atoms with E-state index in [0.29, 0.717) is 5.56 Å². The summed E-state index contributed by atoms with van der Waals surface area (Å²) in [6, 6.07) is 4.84. The molecule has 1 rings (SSSR count). The Labute approximate surface area is 107 Å². The SMILES string of the molecule is CC(C)OCCS(=O)(=O)Nc1ccc(C#N)cn1. The van der Waals surface area contributed by atoms with E-state index >= 15 is 0 Å². The van der Waals surface area contributed by atoms with E-state index in [9.17, 15) is 8.42 Å². The number of anilines is 1. The molecule has 0 saturated carbocycles. The van der Waals surface area contributed by atoms with Crippen molar-refractivity contribution in [3.63, 3.8) is 0 Å². The molecule has 7 heteroatoms. The van der Waals surface area contributed by atoms with Gasteiger partial charge in [0.2, 0.25) is 10.0 Å². The Hall–Kier alpha value is -1.65. The molecule has 1 aromatic rings. The highest BCUT2D eigenvalue weighted by atomic mass is 32.2. The van der Waals surface area contributed by atoms with Gasteiger partial charge in [-0.3, -0.25) is 4.72 Å². The molecule has 0 aromatic carbocycles. The van der Waals surface area contributed by atoms with Gasteiger partial charge in [0.15, 0.2) is 0 Å². The van der Waals surface area contributed by atoms with Crippen molar-refractivity contribution in [2.45, 2.75) is 20.0 Å². The molecule has 6 nitrogen and oxygen atoms in total. The monoisotopic (exact) mass is 269 g/mol. The molecule has 0 fully saturated rings. The molecule has 0 aliphatic rings. The molecule has 0 radical (unpaired) electrons. The van der Waals surface area contributed by atoms with Crippen LogP contribution in [-0.4, -0.2) is 31.9 Å². The summed E-state index contributed by atoms with van der Waals surface area (Å²) in [6.07, 6.45) is 1.30. The lowest BCUT2D eigenvalue weighted by Crippen LogP contribution is -2.22. The number of nitriles is 1. The van der Waals surface area contributed by atoms with Gasteiger partial charge in [-0.25, -0.2) is 13.4 Å². The van der Waals surface area contributed by atoms with Gasteiger partial charge in [-0.15, -0.1) is 0 Å². The van der Waals surface area contributed by atoms with Crippen molar-refractivity contribution in [2.75, 3.05) is 17.1 Å². The molecule has 0 amide bonds. The number of nitrogens with one attached hydrogen (secondary N) is 1. The van der Waals surface area contributed by atoms with E-state index in [1.165, 1.54) is 18.3 Å². The van der Waals surface area contributed by atoms with Crippen molar-refractivity contribution in [1.82, 2.24) is 4.98 Å². The molecular weight excluding hydrogens is 254 g/mol. The highest BCUT2D eigenvalue weighted by Crippen LogP contribution is 2.06. The van der Waals surface area contributed by atoms with Gasteiger partial charge in [0.25, 0.3) is 0 Å². The van der Waals surface area contributed by atoms with Crippen molar-refractivity contribution < 1.29 is 13.2 Å². The second kappa shape index (κ2) is 6.33. The summed E-state index contributed by atoms with van der Waals surface area (Å²) >= 11 is 0. The van der Waals surface area contributed by atoms with Gasteiger partial charge < -0.3 is 4.74 Å². The number of nitrogens with zero attached hydrogens (tertiary/aromatic N) is 2. The van der Waals surface area contributed by atoms with Crippen LogP contribution in [0, 0.1) is 11.3 Å². The summed E-state index contributed by atoms with van der Waals surface area (Å²) in [5.41, 5.74) is 0.376. The van der Waals surface area contributed by atoms with Crippen LogP contribution in [0.25, 0.3) is 0 Å². The van der Waals surface area contributed by atoms with Crippen LogP contribution in [0.2, 0.25) is 0 Å². The molecule has 0 unspecified atom stereocenters. The number of pyridine rings is 1. The van der Waals surface area contributed by atoms with Gasteiger partial charge in [0, 0.05) is 6.20 Å². The fourth-order valence-electron chi connectivity index (χ4n) is 1.12. The Bertz CT molecular complexity index is 517. The molecule has 18 heavy (non-hydrogen) atoms. The maximum atomic E-state index is 11.6. The van der Waals surface area contributed by atoms with Crippen molar-refractivity contribution in [3.8, 4) is 6.07 Å². The Balaban J connectivity index is 2.57. The van der Waals surface area contributed by atoms with Gasteiger partial charge in [0.05, 0.1) is 24.0 Å². The number of sulfonamides is 1. The lowest BCUT2D eigenvalue weighted by atomic mass is 10.3. The smallest absolute Gasteiger partial charge is 0.236 e. The van der Waals surface area contributed by atoms with E-state index < -0.39 is 10.0 Å². The molecule has 98 valence electrons. The van der Waals surface area contributed by atoms with E-state index in [4.69, 9.17) is 10.00 Å². The highest BCUT2D eigenvalue weighted by Gasteiger charge is 2.11. The van der Waals surface area contributed by atoms with Gasteiger partial charge in [-0.1, -0.05) is 0 Å². The van der Waals surface area contributed by atoms with Gasteiger partial charge >= 0.3 is 0 Å². The van der Waals surface area contributed by atoms with Crippen LogP contribution in [0.4, 0.5) is 5.82 Å². The van der Waals surface area contributed by atoms with Crippen LogP contribution in [0.15, 0.2) is 18.3 Å². The predicted molar refractivity (Wildman–Crippen MR) is 67.4 cm³/mol. The molecular formula is C11H15N3O3S. The van der Waals surface area contributed by atoms with Crippen molar-refractivity contribution >= 4 is 15.8 Å². The van der Waals surface area contributed by atoms with Gasteiger partial charge in [-0.2, -0.15) is 5.26 Å².